The largest absolute Gasteiger partial charge is 0.330 e. The lowest BCUT2D eigenvalue weighted by atomic mass is 10.2. The summed E-state index contributed by atoms with van der Waals surface area (Å²) in [6, 6.07) is 8.73. The number of halogens is 1. The monoisotopic (exact) mass is 375 g/mol. The first kappa shape index (κ1) is 17.6. The van der Waals surface area contributed by atoms with Gasteiger partial charge in [-0.25, -0.2) is 4.98 Å². The lowest BCUT2D eigenvalue weighted by Crippen LogP contribution is -2.32. The van der Waals surface area contributed by atoms with Gasteiger partial charge in [-0.1, -0.05) is 18.5 Å². The number of nitrogens with zero attached hydrogens (tertiary/aromatic N) is 2. The van der Waals surface area contributed by atoms with Crippen molar-refractivity contribution in [3.63, 3.8) is 0 Å². The lowest BCUT2D eigenvalue weighted by molar-refractivity contribution is 0.0744. The van der Waals surface area contributed by atoms with Crippen molar-refractivity contribution in [1.29, 1.82) is 0 Å². The van der Waals surface area contributed by atoms with Crippen LogP contribution >= 0.6 is 22.9 Å². The molecule has 130 valence electrons. The highest BCUT2D eigenvalue weighted by molar-refractivity contribution is 7.13. The smallest absolute Gasteiger partial charge is 0.264 e. The van der Waals surface area contributed by atoms with Crippen molar-refractivity contribution in [3.05, 3.63) is 61.3 Å². The fourth-order valence-corrected chi connectivity index (χ4v) is 3.65. The number of amides is 1. The molecule has 3 aromatic rings. The number of carbonyl (C=O) groups is 1. The van der Waals surface area contributed by atoms with Gasteiger partial charge in [0.25, 0.3) is 11.5 Å². The van der Waals surface area contributed by atoms with Gasteiger partial charge in [-0.3, -0.25) is 9.59 Å². The van der Waals surface area contributed by atoms with Crippen LogP contribution in [-0.2, 0) is 6.54 Å². The molecular weight excluding hydrogens is 358 g/mol. The summed E-state index contributed by atoms with van der Waals surface area (Å²) in [7, 11) is 0. The number of H-pyrrole nitrogens is 1. The average molecular weight is 376 g/mol. The van der Waals surface area contributed by atoms with Gasteiger partial charge in [-0.05, 0) is 43.7 Å². The summed E-state index contributed by atoms with van der Waals surface area (Å²) >= 11 is 7.46. The first-order valence-corrected chi connectivity index (χ1v) is 9.21. The molecule has 0 fully saturated rings. The van der Waals surface area contributed by atoms with Gasteiger partial charge in [0.2, 0.25) is 0 Å². The van der Waals surface area contributed by atoms with Crippen LogP contribution in [0.25, 0.3) is 10.9 Å². The molecule has 0 saturated carbocycles. The molecule has 0 saturated heterocycles. The Balaban J connectivity index is 1.93. The Bertz CT molecular complexity index is 980. The predicted octanol–water partition coefficient (Wildman–Crippen LogP) is 4.00. The number of benzene rings is 1. The van der Waals surface area contributed by atoms with E-state index >= 15 is 0 Å². The minimum atomic E-state index is -0.229. The van der Waals surface area contributed by atoms with Crippen molar-refractivity contribution in [2.24, 2.45) is 0 Å². The van der Waals surface area contributed by atoms with Gasteiger partial charge in [0.05, 0.1) is 22.3 Å². The van der Waals surface area contributed by atoms with Crippen LogP contribution < -0.4 is 5.56 Å². The second-order valence-electron chi connectivity index (χ2n) is 5.81. The van der Waals surface area contributed by atoms with Crippen LogP contribution in [-0.4, -0.2) is 27.3 Å². The summed E-state index contributed by atoms with van der Waals surface area (Å²) in [6.07, 6.45) is 0.819. The molecule has 2 heterocycles. The van der Waals surface area contributed by atoms with Gasteiger partial charge in [0.1, 0.15) is 5.82 Å². The molecular formula is C18H18ClN3O2S. The van der Waals surface area contributed by atoms with E-state index in [9.17, 15) is 9.59 Å². The summed E-state index contributed by atoms with van der Waals surface area (Å²) < 4.78 is 0. The second kappa shape index (κ2) is 7.37. The Labute approximate surface area is 154 Å². The Hall–Kier alpha value is -2.18. The van der Waals surface area contributed by atoms with E-state index in [2.05, 4.69) is 9.97 Å². The quantitative estimate of drug-likeness (QED) is 0.733. The number of carbonyl (C=O) groups excluding carboxylic acids is 1. The third-order valence-electron chi connectivity index (χ3n) is 3.79. The molecule has 0 radical (unpaired) electrons. The Morgan fingerprint density at radius 2 is 2.12 bits per heavy atom. The molecule has 2 aromatic heterocycles. The molecule has 0 spiro atoms. The molecule has 3 rings (SSSR count). The number of rotatable bonds is 5. The van der Waals surface area contributed by atoms with E-state index in [1.807, 2.05) is 26.0 Å². The molecule has 25 heavy (non-hydrogen) atoms. The maximum atomic E-state index is 12.8. The van der Waals surface area contributed by atoms with Crippen LogP contribution in [0, 0.1) is 6.92 Å². The normalized spacial score (nSPS) is 11.0. The molecule has 0 unspecified atom stereocenters. The number of thiophene rings is 1. The minimum absolute atomic E-state index is 0.0474. The maximum Gasteiger partial charge on any atom is 0.264 e. The average Bonchev–Trinajstić information content (AvgIpc) is 3.00. The number of aromatic nitrogens is 2. The zero-order valence-corrected chi connectivity index (χ0v) is 15.6. The van der Waals surface area contributed by atoms with Crippen molar-refractivity contribution in [3.8, 4) is 0 Å². The molecule has 1 amide bonds. The Morgan fingerprint density at radius 3 is 2.80 bits per heavy atom. The van der Waals surface area contributed by atoms with Crippen LogP contribution in [0.3, 0.4) is 0 Å². The second-order valence-corrected chi connectivity index (χ2v) is 7.54. The number of fused-ring (bicyclic) bond motifs is 1. The Morgan fingerprint density at radius 1 is 1.32 bits per heavy atom. The number of aryl methyl sites for hydroxylation is 1. The molecule has 0 aliphatic carbocycles. The van der Waals surface area contributed by atoms with Gasteiger partial charge in [-0.2, -0.15) is 0 Å². The van der Waals surface area contributed by atoms with E-state index in [1.165, 1.54) is 11.3 Å². The van der Waals surface area contributed by atoms with Crippen molar-refractivity contribution in [2.75, 3.05) is 6.54 Å². The van der Waals surface area contributed by atoms with Crippen molar-refractivity contribution in [1.82, 2.24) is 14.9 Å². The highest BCUT2D eigenvalue weighted by Gasteiger charge is 2.18. The van der Waals surface area contributed by atoms with E-state index in [1.54, 1.807) is 23.1 Å². The number of hydrogen-bond acceptors (Lipinski definition) is 4. The molecule has 1 N–H and O–H groups in total. The molecule has 0 aliphatic rings. The highest BCUT2D eigenvalue weighted by atomic mass is 35.5. The fourth-order valence-electron chi connectivity index (χ4n) is 2.64. The van der Waals surface area contributed by atoms with Gasteiger partial charge in [-0.15, -0.1) is 11.3 Å². The van der Waals surface area contributed by atoms with Crippen LogP contribution in [0.15, 0.2) is 35.1 Å². The van der Waals surface area contributed by atoms with E-state index in [-0.39, 0.29) is 18.0 Å². The number of nitrogens with one attached hydrogen (secondary N) is 1. The van der Waals surface area contributed by atoms with Crippen molar-refractivity contribution in [2.45, 2.75) is 26.8 Å². The van der Waals surface area contributed by atoms with E-state index in [0.29, 0.717) is 33.2 Å². The standard InChI is InChI=1S/C18H18ClN3O2S/c1-3-8-22(18(24)15-7-4-11(2)25-15)10-16-20-14-9-12(19)5-6-13(14)17(23)21-16/h4-7,9H,3,8,10H2,1-2H3,(H,20,21,23). The first-order valence-electron chi connectivity index (χ1n) is 8.02. The van der Waals surface area contributed by atoms with Crippen LogP contribution in [0.4, 0.5) is 0 Å². The predicted molar refractivity (Wildman–Crippen MR) is 101 cm³/mol. The summed E-state index contributed by atoms with van der Waals surface area (Å²) in [4.78, 5) is 35.7. The zero-order chi connectivity index (χ0) is 18.0. The molecule has 1 aromatic carbocycles. The molecule has 0 aliphatic heterocycles. The van der Waals surface area contributed by atoms with E-state index in [0.717, 1.165) is 11.3 Å². The first-order chi connectivity index (χ1) is 12.0. The van der Waals surface area contributed by atoms with Crippen LogP contribution in [0.2, 0.25) is 5.02 Å². The SMILES string of the molecule is CCCN(Cc1nc2cc(Cl)ccc2c(=O)[nH]1)C(=O)c1ccc(C)s1. The third-order valence-corrected chi connectivity index (χ3v) is 5.01. The lowest BCUT2D eigenvalue weighted by Gasteiger charge is -2.21. The van der Waals surface area contributed by atoms with E-state index < -0.39 is 0 Å². The van der Waals surface area contributed by atoms with Crippen molar-refractivity contribution >= 4 is 39.7 Å². The Kier molecular flexibility index (Phi) is 5.20. The number of aromatic amines is 1. The minimum Gasteiger partial charge on any atom is -0.330 e. The van der Waals surface area contributed by atoms with Crippen molar-refractivity contribution < 1.29 is 4.79 Å². The number of hydrogen-bond donors (Lipinski definition) is 1. The van der Waals surface area contributed by atoms with Gasteiger partial charge in [0.15, 0.2) is 0 Å². The third kappa shape index (κ3) is 3.91. The van der Waals surface area contributed by atoms with Crippen LogP contribution in [0.1, 0.15) is 33.7 Å². The van der Waals surface area contributed by atoms with Gasteiger partial charge in [0, 0.05) is 16.4 Å². The van der Waals surface area contributed by atoms with E-state index in [4.69, 9.17) is 11.6 Å². The topological polar surface area (TPSA) is 66.1 Å². The molecule has 0 bridgehead atoms. The molecule has 5 nitrogen and oxygen atoms in total. The summed E-state index contributed by atoms with van der Waals surface area (Å²) in [6.45, 7) is 4.82. The summed E-state index contributed by atoms with van der Waals surface area (Å²) in [5, 5.41) is 1.00. The van der Waals surface area contributed by atoms with Gasteiger partial charge < -0.3 is 9.88 Å². The van der Waals surface area contributed by atoms with Gasteiger partial charge >= 0.3 is 0 Å². The summed E-state index contributed by atoms with van der Waals surface area (Å²) in [5.74, 6) is 0.406. The zero-order valence-electron chi connectivity index (χ0n) is 14.0. The maximum absolute atomic E-state index is 12.8. The molecule has 0 atom stereocenters. The van der Waals surface area contributed by atoms with Crippen LogP contribution in [0.5, 0.6) is 0 Å². The summed E-state index contributed by atoms with van der Waals surface area (Å²) in [5.41, 5.74) is 0.301. The fraction of sp³-hybridized carbons (Fsp3) is 0.278. The molecule has 7 heteroatoms. The highest BCUT2D eigenvalue weighted by Crippen LogP contribution is 2.19.